The van der Waals surface area contributed by atoms with E-state index in [9.17, 15) is 4.79 Å². The molecule has 2 aliphatic rings. The van der Waals surface area contributed by atoms with Crippen LogP contribution in [0, 0.1) is 12.3 Å². The van der Waals surface area contributed by atoms with Crippen molar-refractivity contribution in [2.24, 2.45) is 10.1 Å². The average Bonchev–Trinajstić information content (AvgIpc) is 3.58. The zero-order chi connectivity index (χ0) is 23.2. The van der Waals surface area contributed by atoms with Crippen molar-refractivity contribution in [1.29, 1.82) is 5.41 Å². The maximum absolute atomic E-state index is 12.9. The fourth-order valence-electron chi connectivity index (χ4n) is 4.14. The third kappa shape index (κ3) is 3.52. The lowest BCUT2D eigenvalue weighted by Gasteiger charge is -2.20. The van der Waals surface area contributed by atoms with E-state index in [0.717, 1.165) is 32.9 Å². The predicted octanol–water partition coefficient (Wildman–Crippen LogP) is 5.73. The highest BCUT2D eigenvalue weighted by Crippen LogP contribution is 2.33. The smallest absolute Gasteiger partial charge is 0.283 e. The summed E-state index contributed by atoms with van der Waals surface area (Å²) in [6.07, 6.45) is 3.81. The number of thiophene rings is 1. The number of aryl methyl sites for hydroxylation is 1. The van der Waals surface area contributed by atoms with E-state index in [1.807, 2.05) is 54.0 Å². The van der Waals surface area contributed by atoms with Crippen LogP contribution < -0.4 is 0 Å². The van der Waals surface area contributed by atoms with Gasteiger partial charge in [-0.1, -0.05) is 48.5 Å². The zero-order valence-corrected chi connectivity index (χ0v) is 19.9. The predicted molar refractivity (Wildman–Crippen MR) is 141 cm³/mol. The summed E-state index contributed by atoms with van der Waals surface area (Å²) in [6.45, 7) is 2.84. The maximum Gasteiger partial charge on any atom is 0.283 e. The Morgan fingerprint density at radius 2 is 1.88 bits per heavy atom. The summed E-state index contributed by atoms with van der Waals surface area (Å²) < 4.78 is 2.19. The molecule has 2 aromatic heterocycles. The largest absolute Gasteiger partial charge is 0.342 e. The molecule has 6 nitrogen and oxygen atoms in total. The van der Waals surface area contributed by atoms with Gasteiger partial charge in [-0.2, -0.15) is 15.1 Å². The third-order valence-electron chi connectivity index (χ3n) is 5.91. The van der Waals surface area contributed by atoms with Crippen LogP contribution in [0.3, 0.4) is 0 Å². The van der Waals surface area contributed by atoms with Gasteiger partial charge in [-0.3, -0.25) is 10.2 Å². The Kier molecular flexibility index (Phi) is 5.04. The zero-order valence-electron chi connectivity index (χ0n) is 18.2. The monoisotopic (exact) mass is 481 g/mol. The van der Waals surface area contributed by atoms with Crippen molar-refractivity contribution in [3.8, 4) is 0 Å². The van der Waals surface area contributed by atoms with Gasteiger partial charge in [-0.15, -0.1) is 11.3 Å². The van der Waals surface area contributed by atoms with Gasteiger partial charge in [0.15, 0.2) is 5.84 Å². The lowest BCUT2D eigenvalue weighted by molar-refractivity contribution is -0.114. The molecule has 1 N–H and O–H groups in total. The van der Waals surface area contributed by atoms with Crippen LogP contribution in [-0.4, -0.2) is 31.5 Å². The molecule has 0 unspecified atom stereocenters. The highest BCUT2D eigenvalue weighted by molar-refractivity contribution is 8.27. The first-order valence-corrected chi connectivity index (χ1v) is 12.4. The second-order valence-electron chi connectivity index (χ2n) is 8.06. The normalized spacial score (nSPS) is 16.9. The molecule has 8 heteroatoms. The van der Waals surface area contributed by atoms with E-state index < -0.39 is 5.91 Å². The highest BCUT2D eigenvalue weighted by Gasteiger charge is 2.36. The van der Waals surface area contributed by atoms with E-state index in [0.29, 0.717) is 5.17 Å². The number of nitrogens with one attached hydrogen (secondary N) is 1. The van der Waals surface area contributed by atoms with E-state index in [2.05, 4.69) is 39.8 Å². The number of benzene rings is 2. The molecule has 1 amide bonds. The minimum atomic E-state index is -0.415. The molecule has 4 aromatic rings. The summed E-state index contributed by atoms with van der Waals surface area (Å²) in [4.78, 5) is 18.2. The maximum atomic E-state index is 12.9. The lowest BCUT2D eigenvalue weighted by Crippen LogP contribution is -2.35. The van der Waals surface area contributed by atoms with Crippen molar-refractivity contribution in [2.75, 3.05) is 0 Å². The van der Waals surface area contributed by atoms with Gasteiger partial charge in [-0.05, 0) is 53.4 Å². The molecule has 0 aliphatic carbocycles. The van der Waals surface area contributed by atoms with E-state index in [1.165, 1.54) is 27.9 Å². The van der Waals surface area contributed by atoms with E-state index >= 15 is 0 Å². The molecule has 0 saturated heterocycles. The first kappa shape index (κ1) is 20.8. The number of hydrazone groups is 1. The number of rotatable bonds is 4. The van der Waals surface area contributed by atoms with Crippen molar-refractivity contribution < 1.29 is 4.79 Å². The van der Waals surface area contributed by atoms with Crippen LogP contribution in [0.2, 0.25) is 0 Å². The topological polar surface area (TPSA) is 73.8 Å². The van der Waals surface area contributed by atoms with Gasteiger partial charge >= 0.3 is 0 Å². The van der Waals surface area contributed by atoms with E-state index in [4.69, 9.17) is 5.41 Å². The number of amides is 1. The molecule has 0 bridgehead atoms. The number of aliphatic imine (C=N–C) groups is 1. The van der Waals surface area contributed by atoms with Crippen LogP contribution >= 0.6 is 23.1 Å². The molecule has 34 heavy (non-hydrogen) atoms. The van der Waals surface area contributed by atoms with E-state index in [1.54, 1.807) is 17.4 Å². The number of para-hydroxylation sites is 1. The molecule has 2 aliphatic heterocycles. The minimum Gasteiger partial charge on any atom is -0.342 e. The molecule has 0 atom stereocenters. The van der Waals surface area contributed by atoms with Crippen molar-refractivity contribution in [3.05, 3.63) is 99.4 Å². The molecule has 166 valence electrons. The first-order valence-electron chi connectivity index (χ1n) is 10.7. The van der Waals surface area contributed by atoms with E-state index in [-0.39, 0.29) is 11.4 Å². The van der Waals surface area contributed by atoms with Crippen LogP contribution in [0.4, 0.5) is 0 Å². The number of hydrogen-bond acceptors (Lipinski definition) is 5. The van der Waals surface area contributed by atoms with Crippen LogP contribution in [0.25, 0.3) is 17.0 Å². The van der Waals surface area contributed by atoms with Crippen molar-refractivity contribution in [3.63, 3.8) is 0 Å². The summed E-state index contributed by atoms with van der Waals surface area (Å²) in [7, 11) is 0. The number of thioether (sulfide) groups is 1. The van der Waals surface area contributed by atoms with Crippen molar-refractivity contribution in [1.82, 2.24) is 9.58 Å². The molecule has 2 aromatic carbocycles. The Bertz CT molecular complexity index is 1560. The molecule has 4 heterocycles. The fraction of sp³-hybridized carbons (Fsp3) is 0.0769. The molecule has 0 radical (unpaired) electrons. The Morgan fingerprint density at radius 3 is 2.71 bits per heavy atom. The number of hydrogen-bond donors (Lipinski definition) is 1. The fourth-order valence-corrected chi connectivity index (χ4v) is 5.82. The van der Waals surface area contributed by atoms with Crippen LogP contribution in [0.5, 0.6) is 0 Å². The number of carbonyl (C=O) groups is 1. The molecular formula is C26H19N5OS2. The molecular weight excluding hydrogens is 462 g/mol. The van der Waals surface area contributed by atoms with Crippen LogP contribution in [0.1, 0.15) is 21.6 Å². The second kappa shape index (κ2) is 8.23. The minimum absolute atomic E-state index is 0.0461. The highest BCUT2D eigenvalue weighted by atomic mass is 32.2. The summed E-state index contributed by atoms with van der Waals surface area (Å²) in [6, 6.07) is 20.4. The standard InChI is InChI=1S/C26H19N5OS2/c1-16-7-2-3-8-17(16)14-30-15-18(19-9-4-5-10-21(19)30)13-20-23(27)31-26(28-24(20)32)34-25(29-31)22-11-6-12-33-22/h2-13,15,27H,14H2,1H3/b20-13-,27-23?. The molecule has 6 rings (SSSR count). The van der Waals surface area contributed by atoms with Gasteiger partial charge in [0, 0.05) is 29.2 Å². The van der Waals surface area contributed by atoms with Gasteiger partial charge < -0.3 is 4.57 Å². The molecule has 0 fully saturated rings. The summed E-state index contributed by atoms with van der Waals surface area (Å²) in [5.41, 5.74) is 4.66. The lowest BCUT2D eigenvalue weighted by atomic mass is 10.1. The van der Waals surface area contributed by atoms with Gasteiger partial charge in [0.25, 0.3) is 5.91 Å². The van der Waals surface area contributed by atoms with Crippen LogP contribution in [-0.2, 0) is 11.3 Å². The Hall–Kier alpha value is -3.75. The third-order valence-corrected chi connectivity index (χ3v) is 7.86. The van der Waals surface area contributed by atoms with Gasteiger partial charge in [0.1, 0.15) is 5.04 Å². The average molecular weight is 482 g/mol. The second-order valence-corrected chi connectivity index (χ2v) is 9.96. The molecule has 0 spiro atoms. The number of amidine groups is 2. The number of nitrogens with zero attached hydrogens (tertiary/aromatic N) is 4. The number of aromatic nitrogens is 1. The number of fused-ring (bicyclic) bond motifs is 2. The Labute approximate surface area is 204 Å². The van der Waals surface area contributed by atoms with Crippen LogP contribution in [0.15, 0.2) is 87.9 Å². The van der Waals surface area contributed by atoms with Gasteiger partial charge in [-0.25, -0.2) is 0 Å². The Balaban J connectivity index is 1.40. The van der Waals surface area contributed by atoms with Crippen molar-refractivity contribution >= 4 is 62.0 Å². The first-order chi connectivity index (χ1) is 16.6. The van der Waals surface area contributed by atoms with Gasteiger partial charge in [0.2, 0.25) is 5.17 Å². The quantitative estimate of drug-likeness (QED) is 0.379. The Morgan fingerprint density at radius 1 is 1.06 bits per heavy atom. The van der Waals surface area contributed by atoms with Gasteiger partial charge in [0.05, 0.1) is 10.5 Å². The SMILES string of the molecule is Cc1ccccc1Cn1cc(/C=C2/C(=N)N3N=C(c4cccs4)SC3=NC2=O)c2ccccc21. The van der Waals surface area contributed by atoms with Crippen molar-refractivity contribution in [2.45, 2.75) is 13.5 Å². The number of carbonyl (C=O) groups excluding carboxylic acids is 1. The summed E-state index contributed by atoms with van der Waals surface area (Å²) in [5, 5.41) is 18.9. The summed E-state index contributed by atoms with van der Waals surface area (Å²) in [5.74, 6) is -0.369. The summed E-state index contributed by atoms with van der Waals surface area (Å²) >= 11 is 2.89. The molecule has 0 saturated carbocycles.